The molecule has 0 heterocycles. The highest BCUT2D eigenvalue weighted by Gasteiger charge is 2.26. The Labute approximate surface area is 143 Å². The maximum Gasteiger partial charge on any atom is 0.242 e. The molecule has 0 amide bonds. The standard InChI is InChI=1S/C13H21Br2N3O2S/c1-13(2,8-18(3)4)7-17-21(19,20)12-10(14)5-9(16)6-11(12)15/h5-6,17H,7-8,16H2,1-4H3. The maximum atomic E-state index is 12.5. The predicted octanol–water partition coefficient (Wildman–Crippen LogP) is 2.66. The molecular formula is C13H21Br2N3O2S. The van der Waals surface area contributed by atoms with Crippen LogP contribution in [0.4, 0.5) is 5.69 Å². The molecule has 5 nitrogen and oxygen atoms in total. The molecular weight excluding hydrogens is 422 g/mol. The van der Waals surface area contributed by atoms with E-state index < -0.39 is 10.0 Å². The first kappa shape index (κ1) is 18.9. The second-order valence-electron chi connectivity index (χ2n) is 6.04. The number of nitrogen functional groups attached to an aromatic ring is 1. The van der Waals surface area contributed by atoms with E-state index >= 15 is 0 Å². The molecule has 0 aliphatic carbocycles. The van der Waals surface area contributed by atoms with Gasteiger partial charge in [0.25, 0.3) is 0 Å². The zero-order chi connectivity index (χ0) is 16.4. The second-order valence-corrected chi connectivity index (χ2v) is 9.45. The van der Waals surface area contributed by atoms with Crippen LogP contribution in [0.2, 0.25) is 0 Å². The third-order valence-corrected chi connectivity index (χ3v) is 6.05. The third-order valence-electron chi connectivity index (χ3n) is 2.77. The SMILES string of the molecule is CN(C)CC(C)(C)CNS(=O)(=O)c1c(Br)cc(N)cc1Br. The highest BCUT2D eigenvalue weighted by atomic mass is 79.9. The average molecular weight is 443 g/mol. The summed E-state index contributed by atoms with van der Waals surface area (Å²) in [6, 6.07) is 3.15. The molecule has 0 aliphatic heterocycles. The number of halogens is 2. The van der Waals surface area contributed by atoms with Crippen LogP contribution < -0.4 is 10.5 Å². The van der Waals surface area contributed by atoms with Gasteiger partial charge in [0, 0.05) is 27.7 Å². The van der Waals surface area contributed by atoms with Gasteiger partial charge in [-0.2, -0.15) is 0 Å². The van der Waals surface area contributed by atoms with Crippen LogP contribution in [0.15, 0.2) is 26.0 Å². The normalized spacial score (nSPS) is 12.9. The largest absolute Gasteiger partial charge is 0.399 e. The van der Waals surface area contributed by atoms with Gasteiger partial charge in [-0.1, -0.05) is 13.8 Å². The first-order chi connectivity index (χ1) is 9.44. The van der Waals surface area contributed by atoms with Crippen molar-refractivity contribution < 1.29 is 8.42 Å². The summed E-state index contributed by atoms with van der Waals surface area (Å²) in [4.78, 5) is 2.20. The maximum absolute atomic E-state index is 12.5. The molecule has 0 saturated carbocycles. The summed E-state index contributed by atoms with van der Waals surface area (Å²) in [7, 11) is 0.298. The summed E-state index contributed by atoms with van der Waals surface area (Å²) >= 11 is 6.51. The first-order valence-electron chi connectivity index (χ1n) is 6.33. The Morgan fingerprint density at radius 2 is 1.71 bits per heavy atom. The number of nitrogens with zero attached hydrogens (tertiary/aromatic N) is 1. The van der Waals surface area contributed by atoms with Crippen LogP contribution in [0.3, 0.4) is 0 Å². The fourth-order valence-corrected chi connectivity index (χ4v) is 5.97. The highest BCUT2D eigenvalue weighted by Crippen LogP contribution is 2.32. The molecule has 8 heteroatoms. The molecule has 0 saturated heterocycles. The Hall–Kier alpha value is -0.150. The number of nitrogens with one attached hydrogen (secondary N) is 1. The van der Waals surface area contributed by atoms with Gasteiger partial charge in [-0.05, 0) is 63.5 Å². The molecule has 3 N–H and O–H groups in total. The van der Waals surface area contributed by atoms with E-state index in [4.69, 9.17) is 5.73 Å². The van der Waals surface area contributed by atoms with E-state index in [1.165, 1.54) is 0 Å². The minimum absolute atomic E-state index is 0.164. The summed E-state index contributed by atoms with van der Waals surface area (Å²) in [6.45, 7) is 5.15. The lowest BCUT2D eigenvalue weighted by atomic mass is 9.93. The Balaban J connectivity index is 2.98. The van der Waals surface area contributed by atoms with E-state index in [-0.39, 0.29) is 10.3 Å². The topological polar surface area (TPSA) is 75.4 Å². The van der Waals surface area contributed by atoms with Crippen molar-refractivity contribution in [1.82, 2.24) is 9.62 Å². The van der Waals surface area contributed by atoms with Gasteiger partial charge in [0.1, 0.15) is 4.90 Å². The monoisotopic (exact) mass is 441 g/mol. The second kappa shape index (κ2) is 6.95. The minimum atomic E-state index is -3.63. The fourth-order valence-electron chi connectivity index (χ4n) is 2.11. The molecule has 120 valence electrons. The van der Waals surface area contributed by atoms with Gasteiger partial charge in [-0.15, -0.1) is 0 Å². The number of nitrogens with two attached hydrogens (primary N) is 1. The lowest BCUT2D eigenvalue weighted by molar-refractivity contribution is 0.242. The van der Waals surface area contributed by atoms with Crippen molar-refractivity contribution in [3.8, 4) is 0 Å². The van der Waals surface area contributed by atoms with Crippen LogP contribution in [0.1, 0.15) is 13.8 Å². The molecule has 0 aromatic heterocycles. The van der Waals surface area contributed by atoms with Crippen molar-refractivity contribution >= 4 is 47.6 Å². The lowest BCUT2D eigenvalue weighted by Gasteiger charge is -2.28. The van der Waals surface area contributed by atoms with E-state index in [0.717, 1.165) is 6.54 Å². The number of hydrogen-bond acceptors (Lipinski definition) is 4. The Kier molecular flexibility index (Phi) is 6.26. The van der Waals surface area contributed by atoms with Gasteiger partial charge < -0.3 is 10.6 Å². The molecule has 0 radical (unpaired) electrons. The van der Waals surface area contributed by atoms with E-state index in [9.17, 15) is 8.42 Å². The van der Waals surface area contributed by atoms with Gasteiger partial charge >= 0.3 is 0 Å². The summed E-state index contributed by atoms with van der Waals surface area (Å²) in [5.74, 6) is 0. The third kappa shape index (κ3) is 5.52. The summed E-state index contributed by atoms with van der Waals surface area (Å²) in [5.41, 5.74) is 6.00. The summed E-state index contributed by atoms with van der Waals surface area (Å²) < 4.78 is 28.5. The minimum Gasteiger partial charge on any atom is -0.399 e. The lowest BCUT2D eigenvalue weighted by Crippen LogP contribution is -2.40. The zero-order valence-electron chi connectivity index (χ0n) is 12.6. The molecule has 0 bridgehead atoms. The van der Waals surface area contributed by atoms with E-state index in [1.807, 2.05) is 32.8 Å². The number of sulfonamides is 1. The van der Waals surface area contributed by atoms with Crippen LogP contribution >= 0.6 is 31.9 Å². The number of benzene rings is 1. The zero-order valence-corrected chi connectivity index (χ0v) is 16.6. The van der Waals surface area contributed by atoms with Crippen LogP contribution in [0.25, 0.3) is 0 Å². The molecule has 1 rings (SSSR count). The highest BCUT2D eigenvalue weighted by molar-refractivity contribution is 9.11. The van der Waals surface area contributed by atoms with Crippen molar-refractivity contribution in [3.05, 3.63) is 21.1 Å². The van der Waals surface area contributed by atoms with Gasteiger partial charge in [-0.3, -0.25) is 0 Å². The molecule has 0 aliphatic rings. The van der Waals surface area contributed by atoms with Gasteiger partial charge in [-0.25, -0.2) is 13.1 Å². The molecule has 1 aromatic carbocycles. The van der Waals surface area contributed by atoms with Gasteiger partial charge in [0.15, 0.2) is 0 Å². The predicted molar refractivity (Wildman–Crippen MR) is 93.8 cm³/mol. The van der Waals surface area contributed by atoms with Crippen LogP contribution in [-0.2, 0) is 10.0 Å². The van der Waals surface area contributed by atoms with E-state index in [1.54, 1.807) is 12.1 Å². The number of rotatable bonds is 6. The van der Waals surface area contributed by atoms with Gasteiger partial charge in [0.05, 0.1) is 0 Å². The van der Waals surface area contributed by atoms with Crippen molar-refractivity contribution in [2.24, 2.45) is 5.41 Å². The first-order valence-corrected chi connectivity index (χ1v) is 9.40. The van der Waals surface area contributed by atoms with Crippen LogP contribution in [-0.4, -0.2) is 40.5 Å². The Bertz CT molecular complexity index is 593. The summed E-state index contributed by atoms with van der Waals surface area (Å²) in [6.07, 6.45) is 0. The van der Waals surface area contributed by atoms with Crippen molar-refractivity contribution in [1.29, 1.82) is 0 Å². The Morgan fingerprint density at radius 1 is 1.24 bits per heavy atom. The van der Waals surface area contributed by atoms with Crippen molar-refractivity contribution in [3.63, 3.8) is 0 Å². The molecule has 0 fully saturated rings. The average Bonchev–Trinajstić information content (AvgIpc) is 2.23. The van der Waals surface area contributed by atoms with Crippen molar-refractivity contribution in [2.45, 2.75) is 18.7 Å². The molecule has 21 heavy (non-hydrogen) atoms. The van der Waals surface area contributed by atoms with Gasteiger partial charge in [0.2, 0.25) is 10.0 Å². The smallest absolute Gasteiger partial charge is 0.242 e. The van der Waals surface area contributed by atoms with Crippen molar-refractivity contribution in [2.75, 3.05) is 32.9 Å². The van der Waals surface area contributed by atoms with Crippen LogP contribution in [0.5, 0.6) is 0 Å². The summed E-state index contributed by atoms with van der Waals surface area (Å²) in [5, 5.41) is 0. The molecule has 0 atom stereocenters. The Morgan fingerprint density at radius 3 is 2.14 bits per heavy atom. The number of hydrogen-bond donors (Lipinski definition) is 2. The molecule has 0 spiro atoms. The molecule has 0 unspecified atom stereocenters. The quantitative estimate of drug-likeness (QED) is 0.664. The molecule has 1 aromatic rings. The fraction of sp³-hybridized carbons (Fsp3) is 0.538. The van der Waals surface area contributed by atoms with E-state index in [0.29, 0.717) is 21.2 Å². The number of anilines is 1. The van der Waals surface area contributed by atoms with Crippen LogP contribution in [0, 0.1) is 5.41 Å². The van der Waals surface area contributed by atoms with E-state index in [2.05, 4.69) is 36.6 Å².